The number of alkyl carbamates (subject to hydrolysis) is 1. The largest absolute Gasteiger partial charge is 0.444 e. The molecular formula is C19H23ClN4O3. The number of ether oxygens (including phenoxy) is 1. The third-order valence-electron chi connectivity index (χ3n) is 3.45. The van der Waals surface area contributed by atoms with E-state index in [0.29, 0.717) is 16.4 Å². The Balaban J connectivity index is 2.37. The maximum Gasteiger partial charge on any atom is 0.408 e. The number of para-hydroxylation sites is 1. The van der Waals surface area contributed by atoms with Crippen molar-refractivity contribution in [3.63, 3.8) is 0 Å². The molecular weight excluding hydrogens is 368 g/mol. The average molecular weight is 391 g/mol. The van der Waals surface area contributed by atoms with Crippen molar-refractivity contribution >= 4 is 40.8 Å². The van der Waals surface area contributed by atoms with Gasteiger partial charge in [-0.25, -0.2) is 9.78 Å². The first-order valence-electron chi connectivity index (χ1n) is 8.38. The number of carbonyl (C=O) groups is 2. The van der Waals surface area contributed by atoms with Crippen molar-refractivity contribution in [3.8, 4) is 0 Å². The van der Waals surface area contributed by atoms with Crippen molar-refractivity contribution in [3.05, 3.63) is 47.6 Å². The fraction of sp³-hybridized carbons (Fsp3) is 0.316. The van der Waals surface area contributed by atoms with Crippen molar-refractivity contribution in [1.29, 1.82) is 0 Å². The molecule has 1 aromatic carbocycles. The highest BCUT2D eigenvalue weighted by atomic mass is 35.5. The number of rotatable bonds is 4. The molecule has 0 spiro atoms. The Morgan fingerprint density at radius 2 is 1.89 bits per heavy atom. The summed E-state index contributed by atoms with van der Waals surface area (Å²) in [5, 5.41) is 2.88. The smallest absolute Gasteiger partial charge is 0.408 e. The summed E-state index contributed by atoms with van der Waals surface area (Å²) in [4.78, 5) is 30.7. The molecule has 1 atom stereocenters. The first kappa shape index (κ1) is 20.5. The van der Waals surface area contributed by atoms with Gasteiger partial charge in [0.25, 0.3) is 5.91 Å². The normalized spacial score (nSPS) is 12.2. The molecule has 144 valence electrons. The van der Waals surface area contributed by atoms with Gasteiger partial charge in [-0.05, 0) is 52.0 Å². The highest BCUT2D eigenvalue weighted by Crippen LogP contribution is 2.34. The molecule has 0 saturated carbocycles. The molecule has 1 aromatic heterocycles. The quantitative estimate of drug-likeness (QED) is 0.825. The molecule has 7 nitrogen and oxygen atoms in total. The van der Waals surface area contributed by atoms with Crippen LogP contribution in [0.3, 0.4) is 0 Å². The van der Waals surface area contributed by atoms with Gasteiger partial charge >= 0.3 is 6.09 Å². The third kappa shape index (κ3) is 5.34. The van der Waals surface area contributed by atoms with Crippen LogP contribution in [-0.4, -0.2) is 28.6 Å². The Hall–Kier alpha value is -2.80. The second-order valence-corrected chi connectivity index (χ2v) is 7.32. The predicted molar refractivity (Wildman–Crippen MR) is 106 cm³/mol. The average Bonchev–Trinajstić information content (AvgIpc) is 2.56. The van der Waals surface area contributed by atoms with E-state index < -0.39 is 23.6 Å². The van der Waals surface area contributed by atoms with Gasteiger partial charge in [0.2, 0.25) is 0 Å². The molecule has 2 rings (SSSR count). The summed E-state index contributed by atoms with van der Waals surface area (Å²) in [6, 6.07) is 9.21. The van der Waals surface area contributed by atoms with Gasteiger partial charge in [-0.1, -0.05) is 23.7 Å². The molecule has 0 radical (unpaired) electrons. The van der Waals surface area contributed by atoms with Gasteiger partial charge in [-0.2, -0.15) is 0 Å². The third-order valence-corrected chi connectivity index (χ3v) is 3.77. The number of anilines is 3. The molecule has 3 N–H and O–H groups in total. The van der Waals surface area contributed by atoms with Crippen LogP contribution >= 0.6 is 11.6 Å². The SMILES string of the molecule is CC(NC(=O)OC(C)(C)C)C(=O)N(c1ccccc1Cl)c1ncccc1N. The summed E-state index contributed by atoms with van der Waals surface area (Å²) in [5.74, 6) is -0.229. The number of hydrogen-bond acceptors (Lipinski definition) is 5. The minimum absolute atomic E-state index is 0.230. The Morgan fingerprint density at radius 3 is 2.48 bits per heavy atom. The van der Waals surface area contributed by atoms with Crippen LogP contribution in [0.15, 0.2) is 42.6 Å². The summed E-state index contributed by atoms with van der Waals surface area (Å²) in [6.45, 7) is 6.77. The van der Waals surface area contributed by atoms with Crippen molar-refractivity contribution in [2.24, 2.45) is 0 Å². The van der Waals surface area contributed by atoms with E-state index in [9.17, 15) is 9.59 Å². The number of pyridine rings is 1. The topological polar surface area (TPSA) is 97.5 Å². The Morgan fingerprint density at radius 1 is 1.22 bits per heavy atom. The number of carbonyl (C=O) groups excluding carboxylic acids is 2. The van der Waals surface area contributed by atoms with E-state index in [1.165, 1.54) is 11.1 Å². The number of nitrogens with one attached hydrogen (secondary N) is 1. The minimum Gasteiger partial charge on any atom is -0.444 e. The van der Waals surface area contributed by atoms with Gasteiger partial charge in [-0.15, -0.1) is 0 Å². The van der Waals surface area contributed by atoms with E-state index in [0.717, 1.165) is 0 Å². The first-order chi connectivity index (χ1) is 12.6. The Labute approximate surface area is 163 Å². The lowest BCUT2D eigenvalue weighted by Crippen LogP contribution is -2.47. The zero-order valence-electron chi connectivity index (χ0n) is 15.7. The number of amides is 2. The molecule has 0 aliphatic heterocycles. The molecule has 0 aliphatic rings. The van der Waals surface area contributed by atoms with Crippen molar-refractivity contribution in [1.82, 2.24) is 10.3 Å². The molecule has 0 bridgehead atoms. The van der Waals surface area contributed by atoms with Gasteiger partial charge in [0.15, 0.2) is 5.82 Å². The number of nitrogens with two attached hydrogens (primary N) is 1. The highest BCUT2D eigenvalue weighted by Gasteiger charge is 2.29. The molecule has 2 amide bonds. The van der Waals surface area contributed by atoms with Crippen molar-refractivity contribution in [2.75, 3.05) is 10.6 Å². The van der Waals surface area contributed by atoms with Crippen LogP contribution in [0.25, 0.3) is 0 Å². The molecule has 1 unspecified atom stereocenters. The van der Waals surface area contributed by atoms with E-state index >= 15 is 0 Å². The standard InChI is InChI=1S/C19H23ClN4O3/c1-12(23-18(26)27-19(2,3)4)17(25)24(15-10-6-5-8-13(15)20)16-14(21)9-7-11-22-16/h5-12H,21H2,1-4H3,(H,23,26). The van der Waals surface area contributed by atoms with Crippen LogP contribution in [0, 0.1) is 0 Å². The predicted octanol–water partition coefficient (Wildman–Crippen LogP) is 3.90. The molecule has 2 aromatic rings. The fourth-order valence-corrected chi connectivity index (χ4v) is 2.53. The molecule has 1 heterocycles. The number of hydrogen-bond donors (Lipinski definition) is 2. The van der Waals surface area contributed by atoms with Crippen LogP contribution in [0.1, 0.15) is 27.7 Å². The van der Waals surface area contributed by atoms with E-state index in [4.69, 9.17) is 22.1 Å². The Bertz CT molecular complexity index is 790. The number of nitrogens with zero attached hydrogens (tertiary/aromatic N) is 2. The molecule has 0 fully saturated rings. The van der Waals surface area contributed by atoms with Crippen molar-refractivity contribution in [2.45, 2.75) is 39.3 Å². The van der Waals surface area contributed by atoms with E-state index in [2.05, 4.69) is 10.3 Å². The van der Waals surface area contributed by atoms with Gasteiger partial charge in [-0.3, -0.25) is 9.69 Å². The zero-order chi connectivity index (χ0) is 20.2. The lowest BCUT2D eigenvalue weighted by atomic mass is 10.2. The van der Waals surface area contributed by atoms with Gasteiger partial charge in [0.1, 0.15) is 11.6 Å². The van der Waals surface area contributed by atoms with Crippen LogP contribution < -0.4 is 16.0 Å². The molecule has 8 heteroatoms. The summed E-state index contributed by atoms with van der Waals surface area (Å²) in [7, 11) is 0. The minimum atomic E-state index is -0.905. The van der Waals surface area contributed by atoms with E-state index in [1.54, 1.807) is 64.1 Å². The fourth-order valence-electron chi connectivity index (χ4n) is 2.31. The second-order valence-electron chi connectivity index (χ2n) is 6.91. The lowest BCUT2D eigenvalue weighted by molar-refractivity contribution is -0.119. The maximum atomic E-state index is 13.2. The number of aromatic nitrogens is 1. The van der Waals surface area contributed by atoms with E-state index in [-0.39, 0.29) is 5.82 Å². The summed E-state index contributed by atoms with van der Waals surface area (Å²) in [6.07, 6.45) is 0.825. The highest BCUT2D eigenvalue weighted by molar-refractivity contribution is 6.34. The van der Waals surface area contributed by atoms with Crippen LogP contribution in [0.2, 0.25) is 5.02 Å². The van der Waals surface area contributed by atoms with Crippen LogP contribution in [0.5, 0.6) is 0 Å². The Kier molecular flexibility index (Phi) is 6.28. The maximum absolute atomic E-state index is 13.2. The first-order valence-corrected chi connectivity index (χ1v) is 8.76. The second kappa shape index (κ2) is 8.26. The van der Waals surface area contributed by atoms with Crippen LogP contribution in [-0.2, 0) is 9.53 Å². The number of nitrogen functional groups attached to an aromatic ring is 1. The summed E-state index contributed by atoms with van der Waals surface area (Å²) < 4.78 is 5.21. The monoisotopic (exact) mass is 390 g/mol. The van der Waals surface area contributed by atoms with Crippen molar-refractivity contribution < 1.29 is 14.3 Å². The number of benzene rings is 1. The molecule has 0 aliphatic carbocycles. The van der Waals surface area contributed by atoms with Gasteiger partial charge in [0.05, 0.1) is 16.4 Å². The van der Waals surface area contributed by atoms with Crippen LogP contribution in [0.4, 0.5) is 22.0 Å². The molecule has 27 heavy (non-hydrogen) atoms. The summed E-state index contributed by atoms with van der Waals surface area (Å²) in [5.41, 5.74) is 6.05. The van der Waals surface area contributed by atoms with Gasteiger partial charge < -0.3 is 15.8 Å². The number of halogens is 1. The van der Waals surface area contributed by atoms with Gasteiger partial charge in [0, 0.05) is 6.20 Å². The zero-order valence-corrected chi connectivity index (χ0v) is 16.4. The summed E-state index contributed by atoms with van der Waals surface area (Å²) >= 11 is 6.29. The molecule has 0 saturated heterocycles. The van der Waals surface area contributed by atoms with E-state index in [1.807, 2.05) is 0 Å². The lowest BCUT2D eigenvalue weighted by Gasteiger charge is -2.28.